The fourth-order valence-electron chi connectivity index (χ4n) is 3.49. The van der Waals surface area contributed by atoms with Crippen molar-refractivity contribution >= 4 is 5.91 Å². The van der Waals surface area contributed by atoms with Gasteiger partial charge in [-0.2, -0.15) is 5.10 Å². The van der Waals surface area contributed by atoms with Gasteiger partial charge < -0.3 is 14.6 Å². The Bertz CT molecular complexity index is 931. The van der Waals surface area contributed by atoms with Crippen LogP contribution >= 0.6 is 0 Å². The van der Waals surface area contributed by atoms with Crippen LogP contribution in [0, 0.1) is 0 Å². The van der Waals surface area contributed by atoms with Gasteiger partial charge in [0.2, 0.25) is 5.91 Å². The Morgan fingerprint density at radius 2 is 2.07 bits per heavy atom. The van der Waals surface area contributed by atoms with E-state index in [1.54, 1.807) is 6.20 Å². The number of carbonyl (C=O) groups excluding carboxylic acids is 1. The van der Waals surface area contributed by atoms with Gasteiger partial charge in [-0.25, -0.2) is 4.98 Å². The summed E-state index contributed by atoms with van der Waals surface area (Å²) in [4.78, 5) is 18.8. The zero-order valence-corrected chi connectivity index (χ0v) is 15.3. The number of carbonyl (C=O) groups is 1. The van der Waals surface area contributed by atoms with Gasteiger partial charge in [0.15, 0.2) is 0 Å². The average molecular weight is 365 g/mol. The molecule has 1 aliphatic heterocycles. The first-order valence-electron chi connectivity index (χ1n) is 9.23. The molecule has 1 atom stereocenters. The summed E-state index contributed by atoms with van der Waals surface area (Å²) >= 11 is 0. The van der Waals surface area contributed by atoms with Crippen molar-refractivity contribution in [2.75, 3.05) is 6.54 Å². The number of imidazole rings is 1. The monoisotopic (exact) mass is 365 g/mol. The third kappa shape index (κ3) is 3.50. The van der Waals surface area contributed by atoms with Gasteiger partial charge in [-0.3, -0.25) is 9.48 Å². The molecule has 1 amide bonds. The molecule has 3 heterocycles. The van der Waals surface area contributed by atoms with Crippen LogP contribution < -0.4 is 0 Å². The number of amides is 1. The van der Waals surface area contributed by atoms with Gasteiger partial charge in [0.1, 0.15) is 18.5 Å². The maximum absolute atomic E-state index is 12.7. The molecule has 3 aromatic rings. The predicted molar refractivity (Wildman–Crippen MR) is 99.8 cm³/mol. The number of aliphatic hydroxyl groups excluding tert-OH is 1. The third-order valence-electron chi connectivity index (χ3n) is 4.99. The minimum absolute atomic E-state index is 0.0697. The predicted octanol–water partition coefficient (Wildman–Crippen LogP) is 1.77. The van der Waals surface area contributed by atoms with E-state index in [2.05, 4.69) is 10.1 Å². The van der Waals surface area contributed by atoms with E-state index in [4.69, 9.17) is 0 Å². The molecule has 0 saturated carbocycles. The molecule has 0 fully saturated rings. The van der Waals surface area contributed by atoms with E-state index in [1.165, 1.54) is 0 Å². The van der Waals surface area contributed by atoms with Gasteiger partial charge >= 0.3 is 0 Å². The highest BCUT2D eigenvalue weighted by Crippen LogP contribution is 2.23. The van der Waals surface area contributed by atoms with E-state index in [0.29, 0.717) is 31.9 Å². The molecule has 0 radical (unpaired) electrons. The number of aliphatic hydroxyl groups is 1. The van der Waals surface area contributed by atoms with Gasteiger partial charge in [-0.05, 0) is 11.6 Å². The summed E-state index contributed by atoms with van der Waals surface area (Å²) in [6, 6.07) is 11.4. The maximum atomic E-state index is 12.7. The summed E-state index contributed by atoms with van der Waals surface area (Å²) in [6.07, 6.45) is 3.62. The normalized spacial score (nSPS) is 14.8. The Labute approximate surface area is 157 Å². The van der Waals surface area contributed by atoms with Crippen LogP contribution in [0.2, 0.25) is 0 Å². The molecular weight excluding hydrogens is 342 g/mol. The first-order chi connectivity index (χ1) is 13.2. The van der Waals surface area contributed by atoms with Crippen LogP contribution in [0.1, 0.15) is 35.8 Å². The van der Waals surface area contributed by atoms with Gasteiger partial charge in [-0.1, -0.05) is 37.3 Å². The highest BCUT2D eigenvalue weighted by Gasteiger charge is 2.24. The molecule has 140 valence electrons. The van der Waals surface area contributed by atoms with Crippen molar-refractivity contribution in [3.05, 3.63) is 71.6 Å². The molecule has 27 heavy (non-hydrogen) atoms. The Balaban J connectivity index is 1.47. The zero-order chi connectivity index (χ0) is 18.8. The first kappa shape index (κ1) is 17.5. The molecule has 7 heteroatoms. The smallest absolute Gasteiger partial charge is 0.242 e. The Morgan fingerprint density at radius 1 is 1.26 bits per heavy atom. The summed E-state index contributed by atoms with van der Waals surface area (Å²) in [7, 11) is 0. The minimum atomic E-state index is -0.758. The fraction of sp³-hybridized carbons (Fsp3) is 0.350. The van der Waals surface area contributed by atoms with Gasteiger partial charge in [0, 0.05) is 25.4 Å². The van der Waals surface area contributed by atoms with Crippen molar-refractivity contribution in [3.63, 3.8) is 0 Å². The lowest BCUT2D eigenvalue weighted by molar-refractivity contribution is -0.133. The van der Waals surface area contributed by atoms with Crippen molar-refractivity contribution in [3.8, 4) is 0 Å². The van der Waals surface area contributed by atoms with Crippen LogP contribution in [-0.2, 0) is 30.8 Å². The van der Waals surface area contributed by atoms with Crippen LogP contribution in [0.25, 0.3) is 0 Å². The fourth-order valence-corrected chi connectivity index (χ4v) is 3.49. The second kappa shape index (κ2) is 7.36. The van der Waals surface area contributed by atoms with Crippen molar-refractivity contribution in [1.82, 2.24) is 24.2 Å². The number of fused-ring (bicyclic) bond motifs is 1. The van der Waals surface area contributed by atoms with Crippen LogP contribution in [0.4, 0.5) is 0 Å². The van der Waals surface area contributed by atoms with E-state index in [1.807, 2.05) is 63.7 Å². The number of benzene rings is 1. The molecule has 2 aromatic heterocycles. The summed E-state index contributed by atoms with van der Waals surface area (Å²) in [6.45, 7) is 4.08. The van der Waals surface area contributed by atoms with Gasteiger partial charge in [0.05, 0.1) is 24.5 Å². The molecule has 7 nitrogen and oxygen atoms in total. The van der Waals surface area contributed by atoms with E-state index < -0.39 is 6.10 Å². The number of rotatable bonds is 5. The van der Waals surface area contributed by atoms with Crippen LogP contribution in [0.3, 0.4) is 0 Å². The second-order valence-electron chi connectivity index (χ2n) is 6.74. The quantitative estimate of drug-likeness (QED) is 0.748. The van der Waals surface area contributed by atoms with Crippen molar-refractivity contribution in [1.29, 1.82) is 0 Å². The molecule has 1 aromatic carbocycles. The van der Waals surface area contributed by atoms with Crippen molar-refractivity contribution in [2.24, 2.45) is 0 Å². The van der Waals surface area contributed by atoms with E-state index in [0.717, 1.165) is 23.5 Å². The molecule has 0 bridgehead atoms. The van der Waals surface area contributed by atoms with E-state index >= 15 is 0 Å². The third-order valence-corrected chi connectivity index (χ3v) is 4.99. The Hall–Kier alpha value is -2.93. The number of aryl methyl sites for hydroxylation is 1. The van der Waals surface area contributed by atoms with E-state index in [9.17, 15) is 9.90 Å². The van der Waals surface area contributed by atoms with Crippen LogP contribution in [0.5, 0.6) is 0 Å². The van der Waals surface area contributed by atoms with E-state index in [-0.39, 0.29) is 5.91 Å². The topological polar surface area (TPSA) is 76.2 Å². The van der Waals surface area contributed by atoms with Crippen LogP contribution in [0.15, 0.2) is 48.8 Å². The first-order valence-corrected chi connectivity index (χ1v) is 9.23. The van der Waals surface area contributed by atoms with Gasteiger partial charge in [0.25, 0.3) is 0 Å². The zero-order valence-electron chi connectivity index (χ0n) is 15.3. The molecule has 1 aliphatic rings. The Kier molecular flexibility index (Phi) is 4.77. The maximum Gasteiger partial charge on any atom is 0.242 e. The lowest BCUT2D eigenvalue weighted by Gasteiger charge is -2.28. The SMILES string of the molecule is CCc1nccn1CC(=O)N1CCn2nc([C@@H](O)c3ccccc3)cc2C1. The summed E-state index contributed by atoms with van der Waals surface area (Å²) < 4.78 is 3.79. The molecule has 4 rings (SSSR count). The largest absolute Gasteiger partial charge is 0.382 e. The second-order valence-corrected chi connectivity index (χ2v) is 6.74. The van der Waals surface area contributed by atoms with Crippen molar-refractivity contribution in [2.45, 2.75) is 39.1 Å². The molecule has 0 aliphatic carbocycles. The number of aromatic nitrogens is 4. The highest BCUT2D eigenvalue weighted by molar-refractivity contribution is 5.76. The minimum Gasteiger partial charge on any atom is -0.382 e. The summed E-state index contributed by atoms with van der Waals surface area (Å²) in [5.41, 5.74) is 2.38. The average Bonchev–Trinajstić information content (AvgIpc) is 3.33. The number of hydrogen-bond donors (Lipinski definition) is 1. The van der Waals surface area contributed by atoms with Crippen LogP contribution in [-0.4, -0.2) is 41.8 Å². The molecule has 0 unspecified atom stereocenters. The highest BCUT2D eigenvalue weighted by atomic mass is 16.3. The lowest BCUT2D eigenvalue weighted by atomic mass is 10.1. The standard InChI is InChI=1S/C20H23N5O2/c1-2-18-21-8-9-23(18)14-19(26)24-10-11-25-16(13-24)12-17(22-25)20(27)15-6-4-3-5-7-15/h3-9,12,20,27H,2,10-11,13-14H2,1H3/t20-/m0/s1. The number of hydrogen-bond acceptors (Lipinski definition) is 4. The van der Waals surface area contributed by atoms with Gasteiger partial charge in [-0.15, -0.1) is 0 Å². The molecule has 1 N–H and O–H groups in total. The number of nitrogens with zero attached hydrogens (tertiary/aromatic N) is 5. The lowest BCUT2D eigenvalue weighted by Crippen LogP contribution is -2.40. The summed E-state index contributed by atoms with van der Waals surface area (Å²) in [5.74, 6) is 0.985. The van der Waals surface area contributed by atoms with Crippen molar-refractivity contribution < 1.29 is 9.90 Å². The summed E-state index contributed by atoms with van der Waals surface area (Å²) in [5, 5.41) is 15.1. The Morgan fingerprint density at radius 3 is 2.85 bits per heavy atom. The molecular formula is C20H23N5O2. The molecule has 0 saturated heterocycles. The molecule has 0 spiro atoms.